The monoisotopic (exact) mass is 287 g/mol. The summed E-state index contributed by atoms with van der Waals surface area (Å²) in [4.78, 5) is 25.6. The first-order chi connectivity index (χ1) is 8.58. The van der Waals surface area contributed by atoms with Crippen molar-refractivity contribution in [2.75, 3.05) is 13.7 Å². The minimum Gasteiger partial charge on any atom is -0.465 e. The van der Waals surface area contributed by atoms with Gasteiger partial charge in [0, 0.05) is 16.5 Å². The molecule has 0 radical (unpaired) electrons. The van der Waals surface area contributed by atoms with Gasteiger partial charge in [0.2, 0.25) is 0 Å². The SMILES string of the molecule is COC(=O)C(Cc1ccc(Cl)cc1Cl)=NCC=O. The number of ether oxygens (including phenoxy) is 1. The predicted molar refractivity (Wildman–Crippen MR) is 70.5 cm³/mol. The highest BCUT2D eigenvalue weighted by atomic mass is 35.5. The highest BCUT2D eigenvalue weighted by molar-refractivity contribution is 6.38. The topological polar surface area (TPSA) is 55.7 Å². The zero-order valence-corrected chi connectivity index (χ0v) is 11.2. The van der Waals surface area contributed by atoms with Gasteiger partial charge in [0.15, 0.2) is 0 Å². The molecule has 0 fully saturated rings. The van der Waals surface area contributed by atoms with Crippen LogP contribution in [0.2, 0.25) is 10.0 Å². The Balaban J connectivity index is 2.95. The summed E-state index contributed by atoms with van der Waals surface area (Å²) >= 11 is 11.8. The Morgan fingerprint density at radius 2 is 2.17 bits per heavy atom. The molecule has 0 saturated heterocycles. The first-order valence-electron chi connectivity index (χ1n) is 5.07. The fraction of sp³-hybridized carbons (Fsp3) is 0.250. The molecule has 0 aliphatic rings. The van der Waals surface area contributed by atoms with Crippen LogP contribution in [0, 0.1) is 0 Å². The summed E-state index contributed by atoms with van der Waals surface area (Å²) in [5.41, 5.74) is 0.838. The largest absolute Gasteiger partial charge is 0.465 e. The molecule has 96 valence electrons. The fourth-order valence-electron chi connectivity index (χ4n) is 1.30. The molecule has 1 aromatic carbocycles. The number of nitrogens with zero attached hydrogens (tertiary/aromatic N) is 1. The van der Waals surface area contributed by atoms with Crippen LogP contribution in [0.25, 0.3) is 0 Å². The lowest BCUT2D eigenvalue weighted by Crippen LogP contribution is -2.19. The van der Waals surface area contributed by atoms with E-state index in [0.717, 1.165) is 0 Å². The zero-order chi connectivity index (χ0) is 13.5. The maximum absolute atomic E-state index is 11.5. The average Bonchev–Trinajstić information content (AvgIpc) is 2.36. The highest BCUT2D eigenvalue weighted by Gasteiger charge is 2.14. The molecule has 18 heavy (non-hydrogen) atoms. The zero-order valence-electron chi connectivity index (χ0n) is 9.65. The third kappa shape index (κ3) is 4.13. The van der Waals surface area contributed by atoms with Gasteiger partial charge in [-0.2, -0.15) is 0 Å². The molecular formula is C12H11Cl2NO3. The Kier molecular flexibility index (Phi) is 5.82. The van der Waals surface area contributed by atoms with E-state index in [1.807, 2.05) is 0 Å². The summed E-state index contributed by atoms with van der Waals surface area (Å²) in [6.45, 7) is -0.0877. The Hall–Kier alpha value is -1.39. The van der Waals surface area contributed by atoms with Crippen LogP contribution in [0.1, 0.15) is 5.56 Å². The standard InChI is InChI=1S/C12H11Cl2NO3/c1-18-12(17)11(15-4-5-16)6-8-2-3-9(13)7-10(8)14/h2-3,5,7H,4,6H2,1H3. The van der Waals surface area contributed by atoms with Crippen molar-refractivity contribution in [1.82, 2.24) is 0 Å². The maximum Gasteiger partial charge on any atom is 0.352 e. The van der Waals surface area contributed by atoms with Crippen molar-refractivity contribution in [3.63, 3.8) is 0 Å². The van der Waals surface area contributed by atoms with E-state index in [1.54, 1.807) is 18.2 Å². The van der Waals surface area contributed by atoms with Crippen LogP contribution < -0.4 is 0 Å². The van der Waals surface area contributed by atoms with E-state index < -0.39 is 5.97 Å². The van der Waals surface area contributed by atoms with Gasteiger partial charge in [-0.15, -0.1) is 0 Å². The Morgan fingerprint density at radius 3 is 2.72 bits per heavy atom. The van der Waals surface area contributed by atoms with Crippen molar-refractivity contribution in [2.24, 2.45) is 4.99 Å². The van der Waals surface area contributed by atoms with Crippen LogP contribution in [-0.2, 0) is 20.7 Å². The van der Waals surface area contributed by atoms with E-state index in [-0.39, 0.29) is 18.7 Å². The van der Waals surface area contributed by atoms with E-state index >= 15 is 0 Å². The fourth-order valence-corrected chi connectivity index (χ4v) is 1.78. The molecule has 0 saturated carbocycles. The lowest BCUT2D eigenvalue weighted by molar-refractivity contribution is -0.132. The molecule has 0 aliphatic heterocycles. The number of methoxy groups -OCH3 is 1. The van der Waals surface area contributed by atoms with E-state index in [2.05, 4.69) is 9.73 Å². The first-order valence-corrected chi connectivity index (χ1v) is 5.83. The predicted octanol–water partition coefficient (Wildman–Crippen LogP) is 2.35. The number of benzene rings is 1. The molecule has 0 atom stereocenters. The lowest BCUT2D eigenvalue weighted by Gasteiger charge is -2.06. The smallest absolute Gasteiger partial charge is 0.352 e. The number of esters is 1. The van der Waals surface area contributed by atoms with Gasteiger partial charge in [-0.25, -0.2) is 4.79 Å². The number of hydrogen-bond donors (Lipinski definition) is 0. The first kappa shape index (κ1) is 14.7. The van der Waals surface area contributed by atoms with Crippen molar-refractivity contribution < 1.29 is 14.3 Å². The molecule has 0 amide bonds. The highest BCUT2D eigenvalue weighted by Crippen LogP contribution is 2.21. The molecule has 0 aliphatic carbocycles. The molecule has 0 heterocycles. The number of hydrogen-bond acceptors (Lipinski definition) is 4. The van der Waals surface area contributed by atoms with Crippen LogP contribution in [0.3, 0.4) is 0 Å². The minimum absolute atomic E-state index is 0.0877. The molecule has 0 N–H and O–H groups in total. The van der Waals surface area contributed by atoms with E-state index in [1.165, 1.54) is 7.11 Å². The Morgan fingerprint density at radius 1 is 1.44 bits per heavy atom. The average molecular weight is 288 g/mol. The van der Waals surface area contributed by atoms with Crippen LogP contribution in [0.15, 0.2) is 23.2 Å². The van der Waals surface area contributed by atoms with Gasteiger partial charge >= 0.3 is 5.97 Å². The van der Waals surface area contributed by atoms with Crippen LogP contribution in [-0.4, -0.2) is 31.6 Å². The summed E-state index contributed by atoms with van der Waals surface area (Å²) in [5.74, 6) is -0.581. The van der Waals surface area contributed by atoms with Crippen LogP contribution >= 0.6 is 23.2 Å². The molecule has 6 heteroatoms. The number of rotatable bonds is 5. The number of carbonyl (C=O) groups is 2. The van der Waals surface area contributed by atoms with Gasteiger partial charge in [0.05, 0.1) is 13.7 Å². The molecular weight excluding hydrogens is 277 g/mol. The van der Waals surface area contributed by atoms with Gasteiger partial charge in [0.1, 0.15) is 12.0 Å². The molecule has 4 nitrogen and oxygen atoms in total. The summed E-state index contributed by atoms with van der Waals surface area (Å²) in [5, 5.41) is 0.943. The molecule has 0 spiro atoms. The van der Waals surface area contributed by atoms with Gasteiger partial charge in [-0.05, 0) is 17.7 Å². The third-order valence-electron chi connectivity index (χ3n) is 2.15. The van der Waals surface area contributed by atoms with Gasteiger partial charge in [0.25, 0.3) is 0 Å². The summed E-state index contributed by atoms with van der Waals surface area (Å²) in [6, 6.07) is 4.94. The van der Waals surface area contributed by atoms with Crippen molar-refractivity contribution in [3.8, 4) is 0 Å². The third-order valence-corrected chi connectivity index (χ3v) is 2.74. The summed E-state index contributed by atoms with van der Waals surface area (Å²) < 4.78 is 4.59. The second kappa shape index (κ2) is 7.13. The number of aliphatic imine (C=N–C) groups is 1. The second-order valence-electron chi connectivity index (χ2n) is 3.36. The van der Waals surface area contributed by atoms with Gasteiger partial charge in [-0.3, -0.25) is 4.99 Å². The summed E-state index contributed by atoms with van der Waals surface area (Å²) in [7, 11) is 1.25. The number of halogens is 2. The van der Waals surface area contributed by atoms with Crippen LogP contribution in [0.5, 0.6) is 0 Å². The molecule has 0 aromatic heterocycles. The van der Waals surface area contributed by atoms with Gasteiger partial charge in [-0.1, -0.05) is 29.3 Å². The maximum atomic E-state index is 11.5. The molecule has 1 rings (SSSR count). The number of carbonyl (C=O) groups excluding carboxylic acids is 2. The molecule has 0 unspecified atom stereocenters. The van der Waals surface area contributed by atoms with Crippen molar-refractivity contribution in [3.05, 3.63) is 33.8 Å². The Bertz CT molecular complexity index is 486. The second-order valence-corrected chi connectivity index (χ2v) is 4.20. The molecule has 0 bridgehead atoms. The van der Waals surface area contributed by atoms with E-state index in [4.69, 9.17) is 23.2 Å². The van der Waals surface area contributed by atoms with E-state index in [0.29, 0.717) is 21.9 Å². The van der Waals surface area contributed by atoms with Gasteiger partial charge < -0.3 is 9.53 Å². The Labute approximate surface area is 115 Å². The van der Waals surface area contributed by atoms with Crippen molar-refractivity contribution in [2.45, 2.75) is 6.42 Å². The van der Waals surface area contributed by atoms with Crippen molar-refractivity contribution in [1.29, 1.82) is 0 Å². The summed E-state index contributed by atoms with van der Waals surface area (Å²) in [6.07, 6.45) is 0.795. The normalized spacial score (nSPS) is 11.2. The minimum atomic E-state index is -0.581. The lowest BCUT2D eigenvalue weighted by atomic mass is 10.1. The molecule has 1 aromatic rings. The number of aldehydes is 1. The quantitative estimate of drug-likeness (QED) is 0.475. The van der Waals surface area contributed by atoms with Crippen molar-refractivity contribution >= 4 is 41.2 Å². The van der Waals surface area contributed by atoms with Crippen LogP contribution in [0.4, 0.5) is 0 Å². The van der Waals surface area contributed by atoms with E-state index in [9.17, 15) is 9.59 Å².